The van der Waals surface area contributed by atoms with Crippen LogP contribution in [0.25, 0.3) is 0 Å². The average molecular weight is 536 g/mol. The minimum absolute atomic E-state index is 0.0796. The summed E-state index contributed by atoms with van der Waals surface area (Å²) in [5.74, 6) is -0.688. The van der Waals surface area contributed by atoms with Crippen molar-refractivity contribution in [3.8, 4) is 0 Å². The predicted molar refractivity (Wildman–Crippen MR) is 156 cm³/mol. The van der Waals surface area contributed by atoms with Crippen molar-refractivity contribution < 1.29 is 19.1 Å². The van der Waals surface area contributed by atoms with Crippen LogP contribution in [0.5, 0.6) is 0 Å². The Hall–Kier alpha value is -3.35. The number of hydrogen-bond acceptors (Lipinski definition) is 4. The first-order valence-corrected chi connectivity index (χ1v) is 14.1. The molecule has 1 aliphatic rings. The second-order valence-corrected chi connectivity index (χ2v) is 11.7. The third-order valence-corrected chi connectivity index (χ3v) is 7.31. The lowest BCUT2D eigenvalue weighted by Gasteiger charge is -2.36. The number of anilines is 1. The molecular weight excluding hydrogens is 490 g/mol. The molecule has 7 heteroatoms. The van der Waals surface area contributed by atoms with Crippen LogP contribution in [-0.2, 0) is 20.7 Å². The Morgan fingerprint density at radius 1 is 1.00 bits per heavy atom. The summed E-state index contributed by atoms with van der Waals surface area (Å²) in [6.07, 6.45) is 2.54. The van der Waals surface area contributed by atoms with E-state index in [0.717, 1.165) is 47.2 Å². The SMILES string of the molecule is CCc1ccc(C(C(=O)Nc2c(C)cccc2C)N(C(=O)C(NC(=O)OC(C)(C)C)C(C)CC)C2CC2)cc1. The van der Waals surface area contributed by atoms with Gasteiger partial charge in [0.1, 0.15) is 17.7 Å². The van der Waals surface area contributed by atoms with Crippen LogP contribution in [0.3, 0.4) is 0 Å². The molecule has 39 heavy (non-hydrogen) atoms. The van der Waals surface area contributed by atoms with Gasteiger partial charge in [0, 0.05) is 11.7 Å². The van der Waals surface area contributed by atoms with Crippen molar-refractivity contribution in [2.45, 2.75) is 105 Å². The zero-order valence-electron chi connectivity index (χ0n) is 24.8. The van der Waals surface area contributed by atoms with Crippen molar-refractivity contribution in [2.24, 2.45) is 5.92 Å². The summed E-state index contributed by atoms with van der Waals surface area (Å²) in [6, 6.07) is 12.0. The first-order chi connectivity index (χ1) is 18.4. The molecule has 0 spiro atoms. The van der Waals surface area contributed by atoms with Gasteiger partial charge in [-0.2, -0.15) is 0 Å². The van der Waals surface area contributed by atoms with Crippen molar-refractivity contribution in [3.63, 3.8) is 0 Å². The highest BCUT2D eigenvalue weighted by Crippen LogP contribution is 2.37. The first kappa shape index (κ1) is 30.2. The van der Waals surface area contributed by atoms with E-state index in [1.165, 1.54) is 0 Å². The number of carbonyl (C=O) groups is 3. The standard InChI is InChI=1S/C32H45N3O4/c1-9-20(3)27(34-31(38)39-32(6,7)8)30(37)35(25-18-19-25)28(24-16-14-23(10-2)15-17-24)29(36)33-26-21(4)12-11-13-22(26)5/h11-17,20,25,27-28H,9-10,18-19H2,1-8H3,(H,33,36)(H,34,38). The lowest BCUT2D eigenvalue weighted by Crippen LogP contribution is -2.55. The molecule has 2 aromatic rings. The van der Waals surface area contributed by atoms with Gasteiger partial charge in [0.15, 0.2) is 0 Å². The largest absolute Gasteiger partial charge is 0.444 e. The molecule has 0 saturated heterocycles. The predicted octanol–water partition coefficient (Wildman–Crippen LogP) is 6.48. The fraction of sp³-hybridized carbons (Fsp3) is 0.531. The van der Waals surface area contributed by atoms with Crippen LogP contribution < -0.4 is 10.6 Å². The lowest BCUT2D eigenvalue weighted by molar-refractivity contribution is -0.142. The molecule has 3 unspecified atom stereocenters. The summed E-state index contributed by atoms with van der Waals surface area (Å²) in [6.45, 7) is 15.3. The van der Waals surface area contributed by atoms with Gasteiger partial charge in [-0.05, 0) is 82.1 Å². The van der Waals surface area contributed by atoms with Gasteiger partial charge in [0.2, 0.25) is 5.91 Å². The normalized spacial score (nSPS) is 15.6. The van der Waals surface area contributed by atoms with Crippen molar-refractivity contribution >= 4 is 23.6 Å². The van der Waals surface area contributed by atoms with Crippen molar-refractivity contribution in [3.05, 3.63) is 64.7 Å². The van der Waals surface area contributed by atoms with Gasteiger partial charge >= 0.3 is 6.09 Å². The minimum Gasteiger partial charge on any atom is -0.444 e. The first-order valence-electron chi connectivity index (χ1n) is 14.1. The molecule has 0 aromatic heterocycles. The molecule has 1 fully saturated rings. The van der Waals surface area contributed by atoms with Crippen LogP contribution in [-0.4, -0.2) is 40.5 Å². The highest BCUT2D eigenvalue weighted by atomic mass is 16.6. The van der Waals surface area contributed by atoms with Crippen LogP contribution in [0, 0.1) is 19.8 Å². The van der Waals surface area contributed by atoms with Crippen molar-refractivity contribution in [1.29, 1.82) is 0 Å². The Kier molecular flexibility index (Phi) is 9.81. The third kappa shape index (κ3) is 7.84. The summed E-state index contributed by atoms with van der Waals surface area (Å²) in [5, 5.41) is 5.97. The second kappa shape index (κ2) is 12.7. The molecule has 1 aliphatic carbocycles. The monoisotopic (exact) mass is 535 g/mol. The highest BCUT2D eigenvalue weighted by molar-refractivity contribution is 6.00. The van der Waals surface area contributed by atoms with Gasteiger partial charge in [-0.1, -0.05) is 69.7 Å². The average Bonchev–Trinajstić information content (AvgIpc) is 3.71. The highest BCUT2D eigenvalue weighted by Gasteiger charge is 2.45. The number of para-hydroxylation sites is 1. The van der Waals surface area contributed by atoms with Gasteiger partial charge < -0.3 is 20.3 Å². The molecule has 3 amide bonds. The Bertz CT molecular complexity index is 1140. The summed E-state index contributed by atoms with van der Waals surface area (Å²) < 4.78 is 5.49. The maximum Gasteiger partial charge on any atom is 0.408 e. The fourth-order valence-corrected chi connectivity index (χ4v) is 4.73. The third-order valence-electron chi connectivity index (χ3n) is 7.31. The molecule has 0 radical (unpaired) electrons. The Morgan fingerprint density at radius 2 is 1.59 bits per heavy atom. The van der Waals surface area contributed by atoms with E-state index in [1.54, 1.807) is 25.7 Å². The number of ether oxygens (including phenoxy) is 1. The van der Waals surface area contributed by atoms with E-state index in [1.807, 2.05) is 70.2 Å². The van der Waals surface area contributed by atoms with Crippen molar-refractivity contribution in [1.82, 2.24) is 10.2 Å². The van der Waals surface area contributed by atoms with E-state index in [9.17, 15) is 14.4 Å². The van der Waals surface area contributed by atoms with Gasteiger partial charge in [0.05, 0.1) is 0 Å². The van der Waals surface area contributed by atoms with Gasteiger partial charge in [-0.3, -0.25) is 9.59 Å². The number of hydrogen-bond donors (Lipinski definition) is 2. The summed E-state index contributed by atoms with van der Waals surface area (Å²) in [5.41, 5.74) is 3.87. The zero-order chi connectivity index (χ0) is 28.9. The van der Waals surface area contributed by atoms with Crippen LogP contribution in [0.2, 0.25) is 0 Å². The van der Waals surface area contributed by atoms with Gasteiger partial charge in [-0.15, -0.1) is 0 Å². The van der Waals surface area contributed by atoms with Crippen LogP contribution in [0.15, 0.2) is 42.5 Å². The molecule has 7 nitrogen and oxygen atoms in total. The Labute approximate surface area is 233 Å². The Balaban J connectivity index is 2.04. The van der Waals surface area contributed by atoms with E-state index in [0.29, 0.717) is 6.42 Å². The summed E-state index contributed by atoms with van der Waals surface area (Å²) in [4.78, 5) is 42.9. The van der Waals surface area contributed by atoms with E-state index < -0.39 is 23.8 Å². The van der Waals surface area contributed by atoms with E-state index in [4.69, 9.17) is 4.74 Å². The smallest absolute Gasteiger partial charge is 0.408 e. The van der Waals surface area contributed by atoms with E-state index in [2.05, 4.69) is 17.6 Å². The summed E-state index contributed by atoms with van der Waals surface area (Å²) in [7, 11) is 0. The molecule has 0 aliphatic heterocycles. The zero-order valence-corrected chi connectivity index (χ0v) is 24.8. The number of alkyl carbamates (subject to hydrolysis) is 1. The molecule has 1 saturated carbocycles. The molecule has 0 bridgehead atoms. The fourth-order valence-electron chi connectivity index (χ4n) is 4.73. The maximum absolute atomic E-state index is 14.3. The number of carbonyl (C=O) groups excluding carboxylic acids is 3. The second-order valence-electron chi connectivity index (χ2n) is 11.7. The van der Waals surface area contributed by atoms with Crippen LogP contribution in [0.1, 0.15) is 89.1 Å². The van der Waals surface area contributed by atoms with Gasteiger partial charge in [-0.25, -0.2) is 4.79 Å². The number of nitrogens with one attached hydrogen (secondary N) is 2. The molecule has 2 N–H and O–H groups in total. The molecule has 3 rings (SSSR count). The quantitative estimate of drug-likeness (QED) is 0.365. The van der Waals surface area contributed by atoms with Gasteiger partial charge in [0.25, 0.3) is 5.91 Å². The molecule has 212 valence electrons. The molecular formula is C32H45N3O4. The van der Waals surface area contributed by atoms with Crippen LogP contribution >= 0.6 is 0 Å². The topological polar surface area (TPSA) is 87.7 Å². The number of amides is 3. The van der Waals surface area contributed by atoms with Crippen molar-refractivity contribution in [2.75, 3.05) is 5.32 Å². The van der Waals surface area contributed by atoms with E-state index in [-0.39, 0.29) is 23.8 Å². The number of nitrogens with zero attached hydrogens (tertiary/aromatic N) is 1. The molecule has 3 atom stereocenters. The number of benzene rings is 2. The minimum atomic E-state index is -0.845. The van der Waals surface area contributed by atoms with E-state index >= 15 is 0 Å². The maximum atomic E-state index is 14.3. The Morgan fingerprint density at radius 3 is 2.08 bits per heavy atom. The molecule has 2 aromatic carbocycles. The summed E-state index contributed by atoms with van der Waals surface area (Å²) >= 11 is 0. The van der Waals surface area contributed by atoms with Crippen LogP contribution in [0.4, 0.5) is 10.5 Å². The number of rotatable bonds is 10. The molecule has 0 heterocycles. The number of aryl methyl sites for hydroxylation is 3. The lowest BCUT2D eigenvalue weighted by atomic mass is 9.95.